The molecule has 16 heavy (non-hydrogen) atoms. The van der Waals surface area contributed by atoms with Crippen LogP contribution in [-0.4, -0.2) is 35.4 Å². The molecule has 0 atom stereocenters. The van der Waals surface area contributed by atoms with Crippen LogP contribution in [0.25, 0.3) is 0 Å². The molecule has 1 rings (SSSR count). The number of amides is 2. The van der Waals surface area contributed by atoms with Gasteiger partial charge in [-0.25, -0.2) is 4.39 Å². The van der Waals surface area contributed by atoms with E-state index in [0.717, 1.165) is 11.0 Å². The second kappa shape index (κ2) is 4.61. The van der Waals surface area contributed by atoms with Crippen LogP contribution in [-0.2, 0) is 4.79 Å². The van der Waals surface area contributed by atoms with Crippen molar-refractivity contribution in [3.63, 3.8) is 0 Å². The number of rotatable bonds is 3. The predicted octanol–water partition coefficient (Wildman–Crippen LogP) is 0.0886. The van der Waals surface area contributed by atoms with Gasteiger partial charge in [0.05, 0.1) is 6.54 Å². The largest absolute Gasteiger partial charge is 0.507 e. The first kappa shape index (κ1) is 12.0. The minimum absolute atomic E-state index is 0.341. The maximum absolute atomic E-state index is 13.3. The highest BCUT2D eigenvalue weighted by molar-refractivity contribution is 5.98. The summed E-state index contributed by atoms with van der Waals surface area (Å²) in [5.74, 6) is -2.83. The normalized spacial score (nSPS) is 9.88. The monoisotopic (exact) mass is 226 g/mol. The summed E-state index contributed by atoms with van der Waals surface area (Å²) in [6.07, 6.45) is 0. The number of likely N-dealkylation sites (N-methyl/N-ethyl adjacent to an activating group) is 1. The van der Waals surface area contributed by atoms with Gasteiger partial charge >= 0.3 is 0 Å². The van der Waals surface area contributed by atoms with E-state index < -0.39 is 28.9 Å². The van der Waals surface area contributed by atoms with Crippen molar-refractivity contribution in [3.05, 3.63) is 29.6 Å². The zero-order valence-corrected chi connectivity index (χ0v) is 8.61. The molecule has 0 aliphatic heterocycles. The van der Waals surface area contributed by atoms with E-state index in [9.17, 15) is 19.1 Å². The third kappa shape index (κ3) is 2.47. The Kier molecular flexibility index (Phi) is 3.44. The van der Waals surface area contributed by atoms with Crippen molar-refractivity contribution in [2.24, 2.45) is 5.73 Å². The molecule has 0 fully saturated rings. The third-order valence-electron chi connectivity index (χ3n) is 1.95. The van der Waals surface area contributed by atoms with Gasteiger partial charge in [0, 0.05) is 7.05 Å². The quantitative estimate of drug-likeness (QED) is 0.766. The first-order chi connectivity index (χ1) is 7.43. The van der Waals surface area contributed by atoms with Crippen LogP contribution in [0.2, 0.25) is 0 Å². The van der Waals surface area contributed by atoms with Gasteiger partial charge in [0.25, 0.3) is 5.91 Å². The van der Waals surface area contributed by atoms with Crippen molar-refractivity contribution in [1.29, 1.82) is 0 Å². The van der Waals surface area contributed by atoms with Gasteiger partial charge in [-0.3, -0.25) is 9.59 Å². The maximum atomic E-state index is 13.3. The lowest BCUT2D eigenvalue weighted by Crippen LogP contribution is -2.35. The number of carbonyl (C=O) groups is 2. The van der Waals surface area contributed by atoms with Crippen LogP contribution in [0.1, 0.15) is 10.4 Å². The lowest BCUT2D eigenvalue weighted by Gasteiger charge is -2.16. The minimum atomic E-state index is -0.846. The molecular weight excluding hydrogens is 215 g/mol. The summed E-state index contributed by atoms with van der Waals surface area (Å²) in [6.45, 7) is -0.341. The molecule has 0 saturated carbocycles. The van der Waals surface area contributed by atoms with E-state index in [-0.39, 0.29) is 6.54 Å². The molecule has 3 N–H and O–H groups in total. The van der Waals surface area contributed by atoms with Gasteiger partial charge in [-0.05, 0) is 12.1 Å². The topological polar surface area (TPSA) is 83.6 Å². The number of hydrogen-bond acceptors (Lipinski definition) is 3. The molecule has 2 amide bonds. The molecule has 0 heterocycles. The number of nitrogens with zero attached hydrogens (tertiary/aromatic N) is 1. The van der Waals surface area contributed by atoms with Crippen molar-refractivity contribution in [2.75, 3.05) is 13.6 Å². The molecule has 0 aliphatic carbocycles. The number of primary amides is 1. The van der Waals surface area contributed by atoms with E-state index in [1.54, 1.807) is 0 Å². The molecule has 0 radical (unpaired) electrons. The van der Waals surface area contributed by atoms with Crippen LogP contribution in [0.4, 0.5) is 4.39 Å². The Morgan fingerprint density at radius 2 is 2.12 bits per heavy atom. The van der Waals surface area contributed by atoms with Crippen molar-refractivity contribution in [1.82, 2.24) is 4.90 Å². The van der Waals surface area contributed by atoms with Crippen molar-refractivity contribution < 1.29 is 19.1 Å². The summed E-state index contributed by atoms with van der Waals surface area (Å²) in [7, 11) is 1.29. The highest BCUT2D eigenvalue weighted by atomic mass is 19.1. The highest BCUT2D eigenvalue weighted by Gasteiger charge is 2.20. The summed E-state index contributed by atoms with van der Waals surface area (Å²) in [4.78, 5) is 23.2. The summed E-state index contributed by atoms with van der Waals surface area (Å²) in [5.41, 5.74) is 4.43. The Bertz CT molecular complexity index is 414. The Morgan fingerprint density at radius 1 is 1.50 bits per heavy atom. The standard InChI is InChI=1S/C10H11FN2O3/c1-13(5-8(12)15)10(16)9-6(11)3-2-4-7(9)14/h2-4,14H,5H2,1H3,(H2,12,15). The van der Waals surface area contributed by atoms with Crippen molar-refractivity contribution in [3.8, 4) is 5.75 Å². The average molecular weight is 226 g/mol. The smallest absolute Gasteiger partial charge is 0.260 e. The van der Waals surface area contributed by atoms with Crippen molar-refractivity contribution in [2.45, 2.75) is 0 Å². The van der Waals surface area contributed by atoms with Crippen molar-refractivity contribution >= 4 is 11.8 Å². The zero-order chi connectivity index (χ0) is 12.3. The van der Waals surface area contributed by atoms with Crippen LogP contribution in [0.15, 0.2) is 18.2 Å². The third-order valence-corrected chi connectivity index (χ3v) is 1.95. The second-order valence-corrected chi connectivity index (χ2v) is 3.26. The number of benzene rings is 1. The minimum Gasteiger partial charge on any atom is -0.507 e. The molecule has 0 aliphatic rings. The molecule has 0 spiro atoms. The molecule has 86 valence electrons. The molecule has 0 bridgehead atoms. The van der Waals surface area contributed by atoms with Gasteiger partial charge in [-0.15, -0.1) is 0 Å². The number of halogens is 1. The second-order valence-electron chi connectivity index (χ2n) is 3.26. The van der Waals surface area contributed by atoms with E-state index >= 15 is 0 Å². The van der Waals surface area contributed by atoms with E-state index in [1.807, 2.05) is 0 Å². The zero-order valence-electron chi connectivity index (χ0n) is 8.61. The van der Waals surface area contributed by atoms with Crippen LogP contribution in [0.5, 0.6) is 5.75 Å². The van der Waals surface area contributed by atoms with Gasteiger partial charge in [0.15, 0.2) is 0 Å². The number of phenolic OH excluding ortho intramolecular Hbond substituents is 1. The summed E-state index contributed by atoms with van der Waals surface area (Å²) >= 11 is 0. The lowest BCUT2D eigenvalue weighted by atomic mass is 10.1. The van der Waals surface area contributed by atoms with E-state index in [0.29, 0.717) is 0 Å². The van der Waals surface area contributed by atoms with Crippen LogP contribution in [0, 0.1) is 5.82 Å². The molecule has 0 unspecified atom stereocenters. The SMILES string of the molecule is CN(CC(N)=O)C(=O)c1c(O)cccc1F. The Balaban J connectivity index is 3.00. The number of phenols is 1. The first-order valence-electron chi connectivity index (χ1n) is 4.44. The first-order valence-corrected chi connectivity index (χ1v) is 4.44. The number of hydrogen-bond donors (Lipinski definition) is 2. The Morgan fingerprint density at radius 3 is 2.62 bits per heavy atom. The predicted molar refractivity (Wildman–Crippen MR) is 54.2 cm³/mol. The molecule has 5 nitrogen and oxygen atoms in total. The van der Waals surface area contributed by atoms with E-state index in [2.05, 4.69) is 0 Å². The highest BCUT2D eigenvalue weighted by Crippen LogP contribution is 2.20. The van der Waals surface area contributed by atoms with Crippen LogP contribution < -0.4 is 5.73 Å². The Hall–Kier alpha value is -2.11. The molecule has 6 heteroatoms. The van der Waals surface area contributed by atoms with E-state index in [1.165, 1.54) is 19.2 Å². The molecule has 0 saturated heterocycles. The van der Waals surface area contributed by atoms with Gasteiger partial charge in [-0.2, -0.15) is 0 Å². The molecule has 1 aromatic rings. The number of carbonyl (C=O) groups excluding carboxylic acids is 2. The fourth-order valence-electron chi connectivity index (χ4n) is 1.22. The van der Waals surface area contributed by atoms with Gasteiger partial charge in [0.2, 0.25) is 5.91 Å². The Labute approximate surface area is 91.3 Å². The summed E-state index contributed by atoms with van der Waals surface area (Å²) in [5, 5.41) is 9.34. The lowest BCUT2D eigenvalue weighted by molar-refractivity contribution is -0.118. The maximum Gasteiger partial charge on any atom is 0.260 e. The summed E-state index contributed by atoms with van der Waals surface area (Å²) in [6, 6.07) is 3.51. The van der Waals surface area contributed by atoms with Crippen LogP contribution in [0.3, 0.4) is 0 Å². The van der Waals surface area contributed by atoms with Gasteiger partial charge < -0.3 is 15.7 Å². The molecule has 1 aromatic carbocycles. The van der Waals surface area contributed by atoms with E-state index in [4.69, 9.17) is 5.73 Å². The van der Waals surface area contributed by atoms with Crippen LogP contribution >= 0.6 is 0 Å². The molecule has 0 aromatic heterocycles. The number of aromatic hydroxyl groups is 1. The average Bonchev–Trinajstić information content (AvgIpc) is 2.16. The number of nitrogens with two attached hydrogens (primary N) is 1. The fraction of sp³-hybridized carbons (Fsp3) is 0.200. The van der Waals surface area contributed by atoms with Gasteiger partial charge in [0.1, 0.15) is 17.1 Å². The molecular formula is C10H11FN2O3. The van der Waals surface area contributed by atoms with Gasteiger partial charge in [-0.1, -0.05) is 6.07 Å². The fourth-order valence-corrected chi connectivity index (χ4v) is 1.22. The summed E-state index contributed by atoms with van der Waals surface area (Å²) < 4.78 is 13.3.